The predicted molar refractivity (Wildman–Crippen MR) is 76.0 cm³/mol. The highest BCUT2D eigenvalue weighted by atomic mass is 32.2. The van der Waals surface area contributed by atoms with Crippen LogP contribution in [0.15, 0.2) is 24.4 Å². The van der Waals surface area contributed by atoms with E-state index >= 15 is 0 Å². The number of aromatic nitrogens is 1. The molecule has 2 rings (SSSR count). The Labute approximate surface area is 119 Å². The fraction of sp³-hybridized carbons (Fsp3) is 0.538. The van der Waals surface area contributed by atoms with Gasteiger partial charge in [0.1, 0.15) is 0 Å². The first-order valence-electron chi connectivity index (χ1n) is 6.54. The molecule has 0 aliphatic carbocycles. The number of nitrogens with zero attached hydrogens (tertiary/aromatic N) is 2. The maximum Gasteiger partial charge on any atom is 0.317 e. The lowest BCUT2D eigenvalue weighted by atomic mass is 10.2. The van der Waals surface area contributed by atoms with E-state index in [0.29, 0.717) is 6.42 Å². The number of hydrogen-bond donors (Lipinski definition) is 1. The lowest BCUT2D eigenvalue weighted by Gasteiger charge is -2.25. The summed E-state index contributed by atoms with van der Waals surface area (Å²) in [7, 11) is -1.36. The second kappa shape index (κ2) is 5.78. The normalized spacial score (nSPS) is 22.2. The Morgan fingerprint density at radius 3 is 2.80 bits per heavy atom. The van der Waals surface area contributed by atoms with Crippen molar-refractivity contribution < 1.29 is 13.2 Å². The van der Waals surface area contributed by atoms with Crippen LogP contribution in [-0.2, 0) is 9.84 Å². The molecular formula is C13H19N3O3S. The average molecular weight is 297 g/mol. The van der Waals surface area contributed by atoms with Crippen LogP contribution in [0.3, 0.4) is 0 Å². The smallest absolute Gasteiger partial charge is 0.317 e. The molecule has 0 unspecified atom stereocenters. The number of sulfone groups is 1. The quantitative estimate of drug-likeness (QED) is 0.901. The second-order valence-electron chi connectivity index (χ2n) is 5.09. The molecule has 1 aliphatic rings. The first kappa shape index (κ1) is 14.8. The van der Waals surface area contributed by atoms with Gasteiger partial charge in [0, 0.05) is 19.3 Å². The first-order valence-corrected chi connectivity index (χ1v) is 8.36. The topological polar surface area (TPSA) is 79.4 Å². The number of carbonyl (C=O) groups is 1. The molecule has 2 heterocycles. The van der Waals surface area contributed by atoms with E-state index in [1.807, 2.05) is 25.1 Å². The molecule has 1 aliphatic heterocycles. The third-order valence-corrected chi connectivity index (χ3v) is 5.30. The van der Waals surface area contributed by atoms with Crippen LogP contribution >= 0.6 is 0 Å². The van der Waals surface area contributed by atoms with Crippen molar-refractivity contribution in [3.05, 3.63) is 30.1 Å². The molecule has 0 radical (unpaired) electrons. The van der Waals surface area contributed by atoms with Crippen LogP contribution < -0.4 is 5.32 Å². The molecule has 1 aromatic heterocycles. The summed E-state index contributed by atoms with van der Waals surface area (Å²) in [4.78, 5) is 17.8. The Balaban J connectivity index is 1.95. The largest absolute Gasteiger partial charge is 0.330 e. The van der Waals surface area contributed by atoms with Crippen molar-refractivity contribution in [3.63, 3.8) is 0 Å². The highest BCUT2D eigenvalue weighted by Gasteiger charge is 2.33. The van der Waals surface area contributed by atoms with Gasteiger partial charge in [0.2, 0.25) is 0 Å². The maximum atomic E-state index is 12.1. The Bertz CT molecular complexity index is 574. The SMILES string of the molecule is C[C@@H](NC(=O)N(C)[C@H]1CCS(=O)(=O)C1)c1ccccn1. The molecule has 1 saturated heterocycles. The van der Waals surface area contributed by atoms with Crippen molar-refractivity contribution in [3.8, 4) is 0 Å². The summed E-state index contributed by atoms with van der Waals surface area (Å²) in [6, 6.07) is 4.78. The van der Waals surface area contributed by atoms with E-state index in [0.717, 1.165) is 5.69 Å². The van der Waals surface area contributed by atoms with Gasteiger partial charge in [0.15, 0.2) is 9.84 Å². The van der Waals surface area contributed by atoms with Crippen molar-refractivity contribution >= 4 is 15.9 Å². The Morgan fingerprint density at radius 1 is 1.50 bits per heavy atom. The molecule has 0 bridgehead atoms. The summed E-state index contributed by atoms with van der Waals surface area (Å²) in [5.74, 6) is 0.208. The van der Waals surface area contributed by atoms with Crippen LogP contribution in [0.2, 0.25) is 0 Å². The predicted octanol–water partition coefficient (Wildman–Crippen LogP) is 0.971. The van der Waals surface area contributed by atoms with Crippen molar-refractivity contribution in [2.24, 2.45) is 0 Å². The average Bonchev–Trinajstić information content (AvgIpc) is 2.79. The van der Waals surface area contributed by atoms with E-state index in [4.69, 9.17) is 0 Å². The standard InChI is InChI=1S/C13H19N3O3S/c1-10(12-5-3-4-7-14-12)15-13(17)16(2)11-6-8-20(18,19)9-11/h3-5,7,10-11H,6,8-9H2,1-2H3,(H,15,17)/t10-,11+/m1/s1. The maximum absolute atomic E-state index is 12.1. The molecule has 110 valence electrons. The molecule has 1 N–H and O–H groups in total. The third-order valence-electron chi connectivity index (χ3n) is 3.55. The van der Waals surface area contributed by atoms with Crippen LogP contribution in [0.25, 0.3) is 0 Å². The van der Waals surface area contributed by atoms with Gasteiger partial charge in [-0.3, -0.25) is 4.98 Å². The van der Waals surface area contributed by atoms with Crippen molar-refractivity contribution in [2.75, 3.05) is 18.6 Å². The minimum atomic E-state index is -2.99. The van der Waals surface area contributed by atoms with Gasteiger partial charge in [-0.15, -0.1) is 0 Å². The molecule has 1 aromatic rings. The zero-order valence-electron chi connectivity index (χ0n) is 11.6. The van der Waals surface area contributed by atoms with Gasteiger partial charge >= 0.3 is 6.03 Å². The van der Waals surface area contributed by atoms with Crippen LogP contribution in [0.1, 0.15) is 25.1 Å². The molecule has 7 heteroatoms. The van der Waals surface area contributed by atoms with Gasteiger partial charge in [-0.2, -0.15) is 0 Å². The van der Waals surface area contributed by atoms with Gasteiger partial charge in [-0.05, 0) is 25.5 Å². The van der Waals surface area contributed by atoms with Crippen LogP contribution in [-0.4, -0.2) is 48.9 Å². The van der Waals surface area contributed by atoms with Crippen molar-refractivity contribution in [2.45, 2.75) is 25.4 Å². The lowest BCUT2D eigenvalue weighted by Crippen LogP contribution is -2.45. The van der Waals surface area contributed by atoms with E-state index in [9.17, 15) is 13.2 Å². The number of carbonyl (C=O) groups excluding carboxylic acids is 1. The Kier molecular flexibility index (Phi) is 4.27. The molecule has 6 nitrogen and oxygen atoms in total. The molecular weight excluding hydrogens is 278 g/mol. The number of amides is 2. The minimum Gasteiger partial charge on any atom is -0.330 e. The molecule has 0 saturated carbocycles. The zero-order valence-corrected chi connectivity index (χ0v) is 12.4. The monoisotopic (exact) mass is 297 g/mol. The van der Waals surface area contributed by atoms with Gasteiger partial charge in [0.05, 0.1) is 23.2 Å². The molecule has 0 spiro atoms. The summed E-state index contributed by atoms with van der Waals surface area (Å²) >= 11 is 0. The highest BCUT2D eigenvalue weighted by Crippen LogP contribution is 2.17. The summed E-state index contributed by atoms with van der Waals surface area (Å²) in [5, 5.41) is 2.83. The van der Waals surface area contributed by atoms with E-state index in [1.54, 1.807) is 13.2 Å². The van der Waals surface area contributed by atoms with E-state index in [1.165, 1.54) is 4.90 Å². The van der Waals surface area contributed by atoms with E-state index in [2.05, 4.69) is 10.3 Å². The van der Waals surface area contributed by atoms with Gasteiger partial charge in [-0.1, -0.05) is 6.07 Å². The zero-order chi connectivity index (χ0) is 14.8. The summed E-state index contributed by atoms with van der Waals surface area (Å²) in [6.07, 6.45) is 2.18. The number of nitrogens with one attached hydrogen (secondary N) is 1. The molecule has 2 atom stereocenters. The van der Waals surface area contributed by atoms with Gasteiger partial charge in [0.25, 0.3) is 0 Å². The third kappa shape index (κ3) is 3.47. The summed E-state index contributed by atoms with van der Waals surface area (Å²) in [5.41, 5.74) is 0.772. The lowest BCUT2D eigenvalue weighted by molar-refractivity contribution is 0.191. The fourth-order valence-electron chi connectivity index (χ4n) is 2.24. The number of hydrogen-bond acceptors (Lipinski definition) is 4. The van der Waals surface area contributed by atoms with Crippen LogP contribution in [0, 0.1) is 0 Å². The summed E-state index contributed by atoms with van der Waals surface area (Å²) < 4.78 is 22.9. The van der Waals surface area contributed by atoms with Crippen LogP contribution in [0.5, 0.6) is 0 Å². The Morgan fingerprint density at radius 2 is 2.25 bits per heavy atom. The number of rotatable bonds is 3. The minimum absolute atomic E-state index is 0.0505. The van der Waals surface area contributed by atoms with Gasteiger partial charge in [-0.25, -0.2) is 13.2 Å². The number of urea groups is 1. The number of pyridine rings is 1. The van der Waals surface area contributed by atoms with Crippen LogP contribution in [0.4, 0.5) is 4.79 Å². The van der Waals surface area contributed by atoms with Crippen molar-refractivity contribution in [1.29, 1.82) is 0 Å². The van der Waals surface area contributed by atoms with Gasteiger partial charge < -0.3 is 10.2 Å². The molecule has 1 fully saturated rings. The van der Waals surface area contributed by atoms with E-state index in [-0.39, 0.29) is 29.6 Å². The highest BCUT2D eigenvalue weighted by molar-refractivity contribution is 7.91. The summed E-state index contributed by atoms with van der Waals surface area (Å²) in [6.45, 7) is 1.85. The van der Waals surface area contributed by atoms with Crippen molar-refractivity contribution in [1.82, 2.24) is 15.2 Å². The molecule has 2 amide bonds. The second-order valence-corrected chi connectivity index (χ2v) is 7.32. The Hall–Kier alpha value is -1.63. The van der Waals surface area contributed by atoms with E-state index < -0.39 is 9.84 Å². The first-order chi connectivity index (χ1) is 9.39. The molecule has 20 heavy (non-hydrogen) atoms. The molecule has 0 aromatic carbocycles. The fourth-order valence-corrected chi connectivity index (χ4v) is 4.01.